The average molecular weight is 445 g/mol. The minimum Gasteiger partial charge on any atom is -0.376 e. The Labute approximate surface area is 193 Å². The van der Waals surface area contributed by atoms with E-state index in [9.17, 15) is 14.4 Å². The Balaban J connectivity index is 1.40. The number of hydrogen-bond acceptors (Lipinski definition) is 4. The number of anilines is 4. The molecule has 0 saturated carbocycles. The van der Waals surface area contributed by atoms with E-state index >= 15 is 0 Å². The van der Waals surface area contributed by atoms with E-state index in [1.54, 1.807) is 55.5 Å². The van der Waals surface area contributed by atoms with Crippen LogP contribution in [-0.2, 0) is 20.8 Å². The number of carbonyl (C=O) groups excluding carboxylic acids is 3. The first kappa shape index (κ1) is 23.5. The van der Waals surface area contributed by atoms with Gasteiger partial charge in [0.2, 0.25) is 17.7 Å². The molecular formula is C26H28N4O3. The van der Waals surface area contributed by atoms with E-state index in [0.717, 1.165) is 11.3 Å². The van der Waals surface area contributed by atoms with Crippen molar-refractivity contribution in [3.63, 3.8) is 0 Å². The molecule has 0 saturated heterocycles. The van der Waals surface area contributed by atoms with Crippen molar-refractivity contribution in [1.29, 1.82) is 0 Å². The number of rotatable bonds is 10. The lowest BCUT2D eigenvalue weighted by atomic mass is 10.1. The zero-order valence-electron chi connectivity index (χ0n) is 18.6. The van der Waals surface area contributed by atoms with Crippen LogP contribution >= 0.6 is 0 Å². The first-order chi connectivity index (χ1) is 16.0. The lowest BCUT2D eigenvalue weighted by Gasteiger charge is -2.10. The van der Waals surface area contributed by atoms with Gasteiger partial charge in [0.25, 0.3) is 0 Å². The van der Waals surface area contributed by atoms with Crippen LogP contribution in [0.25, 0.3) is 0 Å². The van der Waals surface area contributed by atoms with Gasteiger partial charge in [0.05, 0.1) is 6.54 Å². The highest BCUT2D eigenvalue weighted by molar-refractivity contribution is 5.95. The SMILES string of the molecule is CCC(=O)Nc1ccc(NCC(=O)Nc2ccc(NC(=O)CCc3ccccc3)cc2)cc1. The Kier molecular flexibility index (Phi) is 8.59. The minimum atomic E-state index is -0.196. The second kappa shape index (κ2) is 12.0. The summed E-state index contributed by atoms with van der Waals surface area (Å²) in [6.45, 7) is 1.89. The molecule has 0 aliphatic heterocycles. The fourth-order valence-electron chi connectivity index (χ4n) is 3.07. The van der Waals surface area contributed by atoms with Crippen molar-refractivity contribution in [3.8, 4) is 0 Å². The van der Waals surface area contributed by atoms with Gasteiger partial charge in [-0.05, 0) is 60.5 Å². The van der Waals surface area contributed by atoms with Gasteiger partial charge >= 0.3 is 0 Å². The Morgan fingerprint density at radius 2 is 1.09 bits per heavy atom. The van der Waals surface area contributed by atoms with E-state index in [0.29, 0.717) is 36.3 Å². The maximum atomic E-state index is 12.2. The van der Waals surface area contributed by atoms with Crippen LogP contribution in [0.4, 0.5) is 22.7 Å². The zero-order chi connectivity index (χ0) is 23.5. The summed E-state index contributed by atoms with van der Waals surface area (Å²) in [5, 5.41) is 11.5. The molecule has 0 fully saturated rings. The number of amides is 3. The maximum absolute atomic E-state index is 12.2. The first-order valence-corrected chi connectivity index (χ1v) is 10.9. The molecule has 0 aromatic heterocycles. The van der Waals surface area contributed by atoms with Gasteiger partial charge in [0.1, 0.15) is 0 Å². The predicted molar refractivity (Wildman–Crippen MR) is 132 cm³/mol. The fourth-order valence-corrected chi connectivity index (χ4v) is 3.07. The van der Waals surface area contributed by atoms with Crippen LogP contribution in [0.2, 0.25) is 0 Å². The van der Waals surface area contributed by atoms with Gasteiger partial charge in [0, 0.05) is 35.6 Å². The third kappa shape index (κ3) is 8.14. The molecular weight excluding hydrogens is 416 g/mol. The summed E-state index contributed by atoms with van der Waals surface area (Å²) < 4.78 is 0. The largest absolute Gasteiger partial charge is 0.376 e. The van der Waals surface area contributed by atoms with E-state index in [1.165, 1.54) is 0 Å². The van der Waals surface area contributed by atoms with Gasteiger partial charge in [-0.15, -0.1) is 0 Å². The molecule has 33 heavy (non-hydrogen) atoms. The summed E-state index contributed by atoms with van der Waals surface area (Å²) in [4.78, 5) is 35.8. The first-order valence-electron chi connectivity index (χ1n) is 10.9. The Hall–Kier alpha value is -4.13. The highest BCUT2D eigenvalue weighted by Crippen LogP contribution is 2.16. The molecule has 0 bridgehead atoms. The van der Waals surface area contributed by atoms with Crippen LogP contribution in [0.15, 0.2) is 78.9 Å². The van der Waals surface area contributed by atoms with Crippen LogP contribution in [0, 0.1) is 0 Å². The number of hydrogen-bond donors (Lipinski definition) is 4. The summed E-state index contributed by atoms with van der Waals surface area (Å²) in [5.74, 6) is -0.300. The predicted octanol–water partition coefficient (Wildman–Crippen LogP) is 4.66. The summed E-state index contributed by atoms with van der Waals surface area (Å²) in [5.41, 5.74) is 3.93. The highest BCUT2D eigenvalue weighted by Gasteiger charge is 2.06. The summed E-state index contributed by atoms with van der Waals surface area (Å²) in [6, 6.07) is 24.0. The molecule has 3 rings (SSSR count). The van der Waals surface area contributed by atoms with Crippen LogP contribution < -0.4 is 21.3 Å². The van der Waals surface area contributed by atoms with Crippen LogP contribution in [-0.4, -0.2) is 24.3 Å². The van der Waals surface area contributed by atoms with Gasteiger partial charge in [-0.25, -0.2) is 0 Å². The van der Waals surface area contributed by atoms with Crippen molar-refractivity contribution in [1.82, 2.24) is 0 Å². The van der Waals surface area contributed by atoms with Crippen molar-refractivity contribution in [2.45, 2.75) is 26.2 Å². The number of benzene rings is 3. The fraction of sp³-hybridized carbons (Fsp3) is 0.192. The van der Waals surface area contributed by atoms with Crippen LogP contribution in [0.1, 0.15) is 25.3 Å². The Bertz CT molecular complexity index is 1060. The topological polar surface area (TPSA) is 99.3 Å². The molecule has 0 aliphatic rings. The normalized spacial score (nSPS) is 10.2. The zero-order valence-corrected chi connectivity index (χ0v) is 18.6. The molecule has 7 heteroatoms. The van der Waals surface area contributed by atoms with Crippen molar-refractivity contribution in [2.24, 2.45) is 0 Å². The van der Waals surface area contributed by atoms with E-state index in [2.05, 4.69) is 21.3 Å². The van der Waals surface area contributed by atoms with Gasteiger partial charge < -0.3 is 21.3 Å². The van der Waals surface area contributed by atoms with Gasteiger partial charge in [-0.3, -0.25) is 14.4 Å². The number of aryl methyl sites for hydroxylation is 1. The third-order valence-corrected chi connectivity index (χ3v) is 4.88. The smallest absolute Gasteiger partial charge is 0.243 e. The summed E-state index contributed by atoms with van der Waals surface area (Å²) >= 11 is 0. The molecule has 4 N–H and O–H groups in total. The second-order valence-corrected chi connectivity index (χ2v) is 7.49. The second-order valence-electron chi connectivity index (χ2n) is 7.49. The summed E-state index contributed by atoms with van der Waals surface area (Å²) in [6.07, 6.45) is 1.51. The standard InChI is InChI=1S/C26H28N4O3/c1-2-24(31)28-21-11-9-20(10-12-21)27-18-26(33)30-23-15-13-22(14-16-23)29-25(32)17-8-19-6-4-3-5-7-19/h3-7,9-16,27H,2,8,17-18H2,1H3,(H,28,31)(H,29,32)(H,30,33). The van der Waals surface area contributed by atoms with Gasteiger partial charge in [0.15, 0.2) is 0 Å². The molecule has 3 amide bonds. The van der Waals surface area contributed by atoms with Gasteiger partial charge in [-0.2, -0.15) is 0 Å². The lowest BCUT2D eigenvalue weighted by molar-refractivity contribution is -0.116. The summed E-state index contributed by atoms with van der Waals surface area (Å²) in [7, 11) is 0. The monoisotopic (exact) mass is 444 g/mol. The Morgan fingerprint density at radius 1 is 0.606 bits per heavy atom. The molecule has 3 aromatic rings. The van der Waals surface area contributed by atoms with Crippen LogP contribution in [0.5, 0.6) is 0 Å². The molecule has 3 aromatic carbocycles. The van der Waals surface area contributed by atoms with Crippen molar-refractivity contribution >= 4 is 40.5 Å². The molecule has 0 unspecified atom stereocenters. The van der Waals surface area contributed by atoms with E-state index in [-0.39, 0.29) is 24.3 Å². The molecule has 170 valence electrons. The molecule has 0 spiro atoms. The van der Waals surface area contributed by atoms with E-state index in [1.807, 2.05) is 30.3 Å². The van der Waals surface area contributed by atoms with Crippen LogP contribution in [0.3, 0.4) is 0 Å². The maximum Gasteiger partial charge on any atom is 0.243 e. The van der Waals surface area contributed by atoms with Crippen molar-refractivity contribution < 1.29 is 14.4 Å². The van der Waals surface area contributed by atoms with Gasteiger partial charge in [-0.1, -0.05) is 37.3 Å². The van der Waals surface area contributed by atoms with Crippen molar-refractivity contribution in [3.05, 3.63) is 84.4 Å². The third-order valence-electron chi connectivity index (χ3n) is 4.88. The average Bonchev–Trinajstić information content (AvgIpc) is 2.84. The number of nitrogens with one attached hydrogen (secondary N) is 4. The molecule has 0 heterocycles. The lowest BCUT2D eigenvalue weighted by Crippen LogP contribution is -2.21. The van der Waals surface area contributed by atoms with E-state index in [4.69, 9.17) is 0 Å². The Morgan fingerprint density at radius 3 is 1.64 bits per heavy atom. The molecule has 7 nitrogen and oxygen atoms in total. The number of carbonyl (C=O) groups is 3. The molecule has 0 aliphatic carbocycles. The highest BCUT2D eigenvalue weighted by atomic mass is 16.2. The molecule has 0 atom stereocenters. The van der Waals surface area contributed by atoms with Crippen molar-refractivity contribution in [2.75, 3.05) is 27.8 Å². The molecule has 0 radical (unpaired) electrons. The van der Waals surface area contributed by atoms with E-state index < -0.39 is 0 Å². The quantitative estimate of drug-likeness (QED) is 0.366. The minimum absolute atomic E-state index is 0.0483.